The van der Waals surface area contributed by atoms with Crippen LogP contribution >= 0.6 is 15.9 Å². The summed E-state index contributed by atoms with van der Waals surface area (Å²) >= 11 is 3.36. The zero-order chi connectivity index (χ0) is 10.4. The normalized spacial score (nSPS) is 10.1. The van der Waals surface area contributed by atoms with Crippen LogP contribution in [0, 0.1) is 0 Å². The van der Waals surface area contributed by atoms with Gasteiger partial charge < -0.3 is 5.32 Å². The number of hydrogen-bond acceptors (Lipinski definition) is 2. The molecule has 1 aromatic rings. The molecule has 0 fully saturated rings. The highest BCUT2D eigenvalue weighted by Gasteiger charge is 2.02. The summed E-state index contributed by atoms with van der Waals surface area (Å²) in [6.45, 7) is 3.30. The first kappa shape index (κ1) is 11.4. The molecule has 0 atom stereocenters. The third kappa shape index (κ3) is 4.03. The molecule has 0 saturated heterocycles. The number of likely N-dealkylation sites (N-methyl/N-ethyl adjacent to an activating group) is 1. The van der Waals surface area contributed by atoms with Crippen molar-refractivity contribution < 1.29 is 4.79 Å². The van der Waals surface area contributed by atoms with Crippen molar-refractivity contribution in [1.82, 2.24) is 5.32 Å². The number of carbonyl (C=O) groups excluding carboxylic acids is 1. The number of carbonyl (C=O) groups is 1. The maximum absolute atomic E-state index is 11.4. The van der Waals surface area contributed by atoms with Crippen molar-refractivity contribution in [1.29, 1.82) is 0 Å². The Kier molecular flexibility index (Phi) is 4.84. The van der Waals surface area contributed by atoms with E-state index in [1.165, 1.54) is 0 Å². The number of benzene rings is 1. The second-order valence-electron chi connectivity index (χ2n) is 3.12. The average molecular weight is 256 g/mol. The second kappa shape index (κ2) is 5.94. The van der Waals surface area contributed by atoms with E-state index < -0.39 is 0 Å². The summed E-state index contributed by atoms with van der Waals surface area (Å²) in [6.07, 6.45) is 0.514. The van der Waals surface area contributed by atoms with Gasteiger partial charge in [0.2, 0.25) is 0 Å². The lowest BCUT2D eigenvalue weighted by atomic mass is 10.1. The fourth-order valence-corrected chi connectivity index (χ4v) is 1.42. The van der Waals surface area contributed by atoms with Crippen molar-refractivity contribution in [2.24, 2.45) is 0 Å². The summed E-state index contributed by atoms with van der Waals surface area (Å²) in [5.41, 5.74) is 1.07. The van der Waals surface area contributed by atoms with Crippen LogP contribution in [0.25, 0.3) is 0 Å². The lowest BCUT2D eigenvalue weighted by Crippen LogP contribution is -2.23. The lowest BCUT2D eigenvalue weighted by molar-refractivity contribution is -0.117. The molecule has 0 aromatic heterocycles. The monoisotopic (exact) mass is 255 g/mol. The van der Waals surface area contributed by atoms with Gasteiger partial charge >= 0.3 is 0 Å². The number of ketones is 1. The Balaban J connectivity index is 2.44. The van der Waals surface area contributed by atoms with E-state index in [-0.39, 0.29) is 5.78 Å². The van der Waals surface area contributed by atoms with Crippen molar-refractivity contribution in [2.75, 3.05) is 13.1 Å². The molecule has 0 aliphatic carbocycles. The van der Waals surface area contributed by atoms with Gasteiger partial charge in [-0.05, 0) is 24.2 Å². The van der Waals surface area contributed by atoms with Gasteiger partial charge in [0, 0.05) is 10.9 Å². The summed E-state index contributed by atoms with van der Waals surface area (Å²) < 4.78 is 1.04. The number of Topliss-reactive ketones (excluding diaryl/α,β-unsaturated/α-hetero) is 1. The minimum absolute atomic E-state index is 0.231. The SMILES string of the molecule is CCNCC(=O)Cc1ccc(Br)cc1. The van der Waals surface area contributed by atoms with Gasteiger partial charge in [-0.3, -0.25) is 4.79 Å². The standard InChI is InChI=1S/C11H14BrNO/c1-2-13-8-11(14)7-9-3-5-10(12)6-4-9/h3-6,13H,2,7-8H2,1H3. The summed E-state index contributed by atoms with van der Waals surface area (Å²) in [6, 6.07) is 7.84. The zero-order valence-electron chi connectivity index (χ0n) is 8.22. The number of hydrogen-bond donors (Lipinski definition) is 1. The predicted molar refractivity (Wildman–Crippen MR) is 61.4 cm³/mol. The van der Waals surface area contributed by atoms with Crippen LogP contribution in [0.1, 0.15) is 12.5 Å². The zero-order valence-corrected chi connectivity index (χ0v) is 9.80. The summed E-state index contributed by atoms with van der Waals surface area (Å²) in [5, 5.41) is 3.02. The van der Waals surface area contributed by atoms with Crippen LogP contribution in [0.2, 0.25) is 0 Å². The Morgan fingerprint density at radius 1 is 1.36 bits per heavy atom. The highest BCUT2D eigenvalue weighted by Crippen LogP contribution is 2.10. The van der Waals surface area contributed by atoms with Gasteiger partial charge in [-0.15, -0.1) is 0 Å². The molecule has 0 aliphatic heterocycles. The third-order valence-electron chi connectivity index (χ3n) is 1.89. The second-order valence-corrected chi connectivity index (χ2v) is 4.04. The third-order valence-corrected chi connectivity index (χ3v) is 2.42. The Morgan fingerprint density at radius 2 is 2.00 bits per heavy atom. The Labute approximate surface area is 92.8 Å². The van der Waals surface area contributed by atoms with Crippen molar-refractivity contribution >= 4 is 21.7 Å². The number of halogens is 1. The van der Waals surface area contributed by atoms with Gasteiger partial charge in [0.05, 0.1) is 6.54 Å². The molecule has 3 heteroatoms. The molecule has 0 radical (unpaired) electrons. The molecule has 0 spiro atoms. The van der Waals surface area contributed by atoms with Crippen LogP contribution in [-0.2, 0) is 11.2 Å². The smallest absolute Gasteiger partial charge is 0.150 e. The molecular formula is C11H14BrNO. The minimum atomic E-state index is 0.231. The van der Waals surface area contributed by atoms with Crippen LogP contribution in [0.15, 0.2) is 28.7 Å². The van der Waals surface area contributed by atoms with Crippen molar-refractivity contribution in [3.63, 3.8) is 0 Å². The fourth-order valence-electron chi connectivity index (χ4n) is 1.16. The lowest BCUT2D eigenvalue weighted by Gasteiger charge is -2.01. The Morgan fingerprint density at radius 3 is 2.57 bits per heavy atom. The first-order valence-electron chi connectivity index (χ1n) is 4.69. The largest absolute Gasteiger partial charge is 0.310 e. The average Bonchev–Trinajstić information content (AvgIpc) is 2.18. The first-order chi connectivity index (χ1) is 6.72. The molecule has 2 nitrogen and oxygen atoms in total. The fraction of sp³-hybridized carbons (Fsp3) is 0.364. The molecule has 76 valence electrons. The van der Waals surface area contributed by atoms with Crippen LogP contribution < -0.4 is 5.32 Å². The van der Waals surface area contributed by atoms with Gasteiger partial charge in [0.15, 0.2) is 5.78 Å². The van der Waals surface area contributed by atoms with Crippen LogP contribution in [0.3, 0.4) is 0 Å². The number of rotatable bonds is 5. The molecule has 1 rings (SSSR count). The first-order valence-corrected chi connectivity index (χ1v) is 5.48. The summed E-state index contributed by atoms with van der Waals surface area (Å²) in [4.78, 5) is 11.4. The van der Waals surface area contributed by atoms with Crippen molar-refractivity contribution in [3.05, 3.63) is 34.3 Å². The van der Waals surface area contributed by atoms with E-state index >= 15 is 0 Å². The van der Waals surface area contributed by atoms with Gasteiger partial charge in [-0.2, -0.15) is 0 Å². The molecule has 0 aliphatic rings. The van der Waals surface area contributed by atoms with Gasteiger partial charge in [0.1, 0.15) is 0 Å². The van der Waals surface area contributed by atoms with E-state index in [1.807, 2.05) is 31.2 Å². The Hall–Kier alpha value is -0.670. The van der Waals surface area contributed by atoms with Gasteiger partial charge in [-0.1, -0.05) is 35.0 Å². The summed E-state index contributed by atoms with van der Waals surface area (Å²) in [5.74, 6) is 0.231. The van der Waals surface area contributed by atoms with Crippen LogP contribution in [0.4, 0.5) is 0 Å². The van der Waals surface area contributed by atoms with Crippen molar-refractivity contribution in [3.8, 4) is 0 Å². The molecule has 0 unspecified atom stereocenters. The molecule has 1 N–H and O–H groups in total. The molecule has 0 heterocycles. The van der Waals surface area contributed by atoms with E-state index in [0.29, 0.717) is 13.0 Å². The van der Waals surface area contributed by atoms with E-state index in [4.69, 9.17) is 0 Å². The topological polar surface area (TPSA) is 29.1 Å². The predicted octanol–water partition coefficient (Wildman–Crippen LogP) is 2.17. The maximum Gasteiger partial charge on any atom is 0.150 e. The van der Waals surface area contributed by atoms with E-state index in [2.05, 4.69) is 21.2 Å². The molecule has 14 heavy (non-hydrogen) atoms. The Bertz CT molecular complexity index is 295. The molecule has 1 aromatic carbocycles. The quantitative estimate of drug-likeness (QED) is 0.874. The van der Waals surface area contributed by atoms with Crippen molar-refractivity contribution in [2.45, 2.75) is 13.3 Å². The molecule has 0 saturated carbocycles. The van der Waals surface area contributed by atoms with Crippen LogP contribution in [-0.4, -0.2) is 18.9 Å². The number of nitrogens with one attached hydrogen (secondary N) is 1. The van der Waals surface area contributed by atoms with Gasteiger partial charge in [-0.25, -0.2) is 0 Å². The van der Waals surface area contributed by atoms with E-state index in [9.17, 15) is 4.79 Å². The van der Waals surface area contributed by atoms with E-state index in [0.717, 1.165) is 16.6 Å². The maximum atomic E-state index is 11.4. The highest BCUT2D eigenvalue weighted by atomic mass is 79.9. The summed E-state index contributed by atoms with van der Waals surface area (Å²) in [7, 11) is 0. The highest BCUT2D eigenvalue weighted by molar-refractivity contribution is 9.10. The minimum Gasteiger partial charge on any atom is -0.310 e. The molecule has 0 bridgehead atoms. The molecule has 0 amide bonds. The molecular weight excluding hydrogens is 242 g/mol. The van der Waals surface area contributed by atoms with E-state index in [1.54, 1.807) is 0 Å². The van der Waals surface area contributed by atoms with Crippen LogP contribution in [0.5, 0.6) is 0 Å². The van der Waals surface area contributed by atoms with Gasteiger partial charge in [0.25, 0.3) is 0 Å².